The molecule has 5 heteroatoms. The molecule has 2 atom stereocenters. The molecule has 2 heterocycles. The summed E-state index contributed by atoms with van der Waals surface area (Å²) in [6.07, 6.45) is 1.05. The fourth-order valence-electron chi connectivity index (χ4n) is 1.98. The van der Waals surface area contributed by atoms with Gasteiger partial charge in [-0.3, -0.25) is 4.79 Å². The monoisotopic (exact) mass is 254 g/mol. The van der Waals surface area contributed by atoms with Gasteiger partial charge in [-0.05, 0) is 18.6 Å². The van der Waals surface area contributed by atoms with Crippen LogP contribution in [0.2, 0.25) is 0 Å². The van der Waals surface area contributed by atoms with Gasteiger partial charge in [0.2, 0.25) is 0 Å². The second kappa shape index (κ2) is 5.62. The van der Waals surface area contributed by atoms with E-state index in [-0.39, 0.29) is 18.1 Å². The van der Waals surface area contributed by atoms with Crippen LogP contribution < -0.4 is 10.6 Å². The summed E-state index contributed by atoms with van der Waals surface area (Å²) < 4.78 is 5.31. The largest absolute Gasteiger partial charge is 0.378 e. The minimum absolute atomic E-state index is 0.00505. The number of rotatable bonds is 4. The van der Waals surface area contributed by atoms with Crippen LogP contribution in [0.15, 0.2) is 12.1 Å². The third-order valence-electron chi connectivity index (χ3n) is 3.01. The molecule has 2 N–H and O–H groups in total. The van der Waals surface area contributed by atoms with E-state index in [0.717, 1.165) is 24.4 Å². The molecule has 1 saturated heterocycles. The minimum Gasteiger partial charge on any atom is -0.378 e. The Labute approximate surface area is 105 Å². The van der Waals surface area contributed by atoms with Crippen molar-refractivity contribution in [3.05, 3.63) is 21.9 Å². The SMILES string of the molecule is CCc1ccc(C(=O)NC2CNC[C@@H]2OC)s1. The third-order valence-corrected chi connectivity index (χ3v) is 4.24. The van der Waals surface area contributed by atoms with E-state index >= 15 is 0 Å². The maximum absolute atomic E-state index is 12.0. The van der Waals surface area contributed by atoms with Gasteiger partial charge in [0.05, 0.1) is 17.0 Å². The Kier molecular flexibility index (Phi) is 4.15. The lowest BCUT2D eigenvalue weighted by Crippen LogP contribution is -2.43. The molecule has 4 nitrogen and oxygen atoms in total. The van der Waals surface area contributed by atoms with Crippen molar-refractivity contribution in [2.75, 3.05) is 20.2 Å². The molecule has 17 heavy (non-hydrogen) atoms. The highest BCUT2D eigenvalue weighted by atomic mass is 32.1. The quantitative estimate of drug-likeness (QED) is 0.843. The minimum atomic E-state index is 0.00505. The Morgan fingerprint density at radius 3 is 3.06 bits per heavy atom. The van der Waals surface area contributed by atoms with Crippen LogP contribution in [0, 0.1) is 0 Å². The van der Waals surface area contributed by atoms with Crippen LogP contribution in [0.3, 0.4) is 0 Å². The number of thiophene rings is 1. The van der Waals surface area contributed by atoms with E-state index in [4.69, 9.17) is 4.74 Å². The molecule has 0 spiro atoms. The average molecular weight is 254 g/mol. The number of carbonyl (C=O) groups excluding carboxylic acids is 1. The van der Waals surface area contributed by atoms with Crippen LogP contribution in [0.4, 0.5) is 0 Å². The molecule has 1 aromatic heterocycles. The third kappa shape index (κ3) is 2.86. The summed E-state index contributed by atoms with van der Waals surface area (Å²) in [7, 11) is 1.68. The molecule has 1 aromatic rings. The molecular weight excluding hydrogens is 236 g/mol. The molecule has 0 aliphatic carbocycles. The smallest absolute Gasteiger partial charge is 0.261 e. The molecule has 1 amide bonds. The number of hydrogen-bond acceptors (Lipinski definition) is 4. The topological polar surface area (TPSA) is 50.4 Å². The van der Waals surface area contributed by atoms with E-state index in [1.165, 1.54) is 4.88 Å². The van der Waals surface area contributed by atoms with Crippen LogP contribution in [-0.2, 0) is 11.2 Å². The Bertz CT molecular complexity index is 392. The van der Waals surface area contributed by atoms with Crippen molar-refractivity contribution in [3.8, 4) is 0 Å². The van der Waals surface area contributed by atoms with Gasteiger partial charge < -0.3 is 15.4 Å². The Hall–Kier alpha value is -0.910. The molecule has 94 valence electrons. The van der Waals surface area contributed by atoms with E-state index in [1.807, 2.05) is 12.1 Å². The fourth-order valence-corrected chi connectivity index (χ4v) is 2.83. The molecule has 2 rings (SSSR count). The number of nitrogens with one attached hydrogen (secondary N) is 2. The number of carbonyl (C=O) groups is 1. The number of ether oxygens (including phenoxy) is 1. The van der Waals surface area contributed by atoms with Crippen LogP contribution in [-0.4, -0.2) is 38.3 Å². The Morgan fingerprint density at radius 2 is 2.41 bits per heavy atom. The lowest BCUT2D eigenvalue weighted by Gasteiger charge is -2.17. The lowest BCUT2D eigenvalue weighted by molar-refractivity contribution is 0.0783. The molecule has 0 bridgehead atoms. The van der Waals surface area contributed by atoms with E-state index < -0.39 is 0 Å². The summed E-state index contributed by atoms with van der Waals surface area (Å²) in [5.74, 6) is 0.00505. The van der Waals surface area contributed by atoms with E-state index in [2.05, 4.69) is 17.6 Å². The predicted molar refractivity (Wildman–Crippen MR) is 68.6 cm³/mol. The Morgan fingerprint density at radius 1 is 1.59 bits per heavy atom. The van der Waals surface area contributed by atoms with Gasteiger partial charge in [-0.25, -0.2) is 0 Å². The van der Waals surface area contributed by atoms with Crippen molar-refractivity contribution >= 4 is 17.2 Å². The first-order chi connectivity index (χ1) is 8.24. The van der Waals surface area contributed by atoms with Crippen LogP contribution in [0.25, 0.3) is 0 Å². The van der Waals surface area contributed by atoms with Crippen molar-refractivity contribution < 1.29 is 9.53 Å². The number of hydrogen-bond donors (Lipinski definition) is 2. The van der Waals surface area contributed by atoms with Gasteiger partial charge >= 0.3 is 0 Å². The molecule has 1 aliphatic rings. The lowest BCUT2D eigenvalue weighted by atomic mass is 10.2. The number of methoxy groups -OCH3 is 1. The second-order valence-corrected chi connectivity index (χ2v) is 5.30. The number of aryl methyl sites for hydroxylation is 1. The maximum Gasteiger partial charge on any atom is 0.261 e. The summed E-state index contributed by atoms with van der Waals surface area (Å²) in [5, 5.41) is 6.23. The molecule has 1 unspecified atom stereocenters. The van der Waals surface area contributed by atoms with Crippen molar-refractivity contribution in [2.24, 2.45) is 0 Å². The zero-order chi connectivity index (χ0) is 12.3. The van der Waals surface area contributed by atoms with Crippen molar-refractivity contribution in [1.29, 1.82) is 0 Å². The van der Waals surface area contributed by atoms with Gasteiger partial charge in [-0.1, -0.05) is 6.92 Å². The average Bonchev–Trinajstić information content (AvgIpc) is 2.96. The van der Waals surface area contributed by atoms with Gasteiger partial charge in [0, 0.05) is 25.1 Å². The second-order valence-electron chi connectivity index (χ2n) is 4.13. The van der Waals surface area contributed by atoms with Gasteiger partial charge in [-0.15, -0.1) is 11.3 Å². The van der Waals surface area contributed by atoms with Gasteiger partial charge in [-0.2, -0.15) is 0 Å². The maximum atomic E-state index is 12.0. The van der Waals surface area contributed by atoms with Crippen LogP contribution in [0.1, 0.15) is 21.5 Å². The van der Waals surface area contributed by atoms with Gasteiger partial charge in [0.15, 0.2) is 0 Å². The molecular formula is C12H18N2O2S. The summed E-state index contributed by atoms with van der Waals surface area (Å²) in [6, 6.07) is 3.98. The highest BCUT2D eigenvalue weighted by Crippen LogP contribution is 2.17. The van der Waals surface area contributed by atoms with Crippen molar-refractivity contribution in [3.63, 3.8) is 0 Å². The van der Waals surface area contributed by atoms with Crippen molar-refractivity contribution in [2.45, 2.75) is 25.5 Å². The first-order valence-corrected chi connectivity index (χ1v) is 6.69. The highest BCUT2D eigenvalue weighted by Gasteiger charge is 2.28. The first kappa shape index (κ1) is 12.5. The van der Waals surface area contributed by atoms with Gasteiger partial charge in [0.1, 0.15) is 0 Å². The molecule has 0 radical (unpaired) electrons. The number of amides is 1. The highest BCUT2D eigenvalue weighted by molar-refractivity contribution is 7.14. The zero-order valence-electron chi connectivity index (χ0n) is 10.2. The van der Waals surface area contributed by atoms with E-state index in [1.54, 1.807) is 18.4 Å². The summed E-state index contributed by atoms with van der Waals surface area (Å²) >= 11 is 1.56. The van der Waals surface area contributed by atoms with Crippen molar-refractivity contribution in [1.82, 2.24) is 10.6 Å². The van der Waals surface area contributed by atoms with E-state index in [9.17, 15) is 4.79 Å². The standard InChI is InChI=1S/C12H18N2O2S/c1-3-8-4-5-11(17-8)12(15)14-9-6-13-7-10(9)16-2/h4-5,9-10,13H,3,6-7H2,1-2H3,(H,14,15)/t9?,10-/m0/s1. The summed E-state index contributed by atoms with van der Waals surface area (Å²) in [5.41, 5.74) is 0. The summed E-state index contributed by atoms with van der Waals surface area (Å²) in [6.45, 7) is 3.66. The van der Waals surface area contributed by atoms with Gasteiger partial charge in [0.25, 0.3) is 5.91 Å². The zero-order valence-corrected chi connectivity index (χ0v) is 11.0. The van der Waals surface area contributed by atoms with Crippen LogP contribution in [0.5, 0.6) is 0 Å². The first-order valence-electron chi connectivity index (χ1n) is 5.87. The molecule has 0 aromatic carbocycles. The molecule has 1 fully saturated rings. The fraction of sp³-hybridized carbons (Fsp3) is 0.583. The molecule has 0 saturated carbocycles. The van der Waals surface area contributed by atoms with Crippen LogP contribution >= 0.6 is 11.3 Å². The molecule has 1 aliphatic heterocycles. The predicted octanol–water partition coefficient (Wildman–Crippen LogP) is 1.03. The Balaban J connectivity index is 1.96. The normalized spacial score (nSPS) is 23.9. The summed E-state index contributed by atoms with van der Waals surface area (Å²) in [4.78, 5) is 14.0. The van der Waals surface area contributed by atoms with E-state index in [0.29, 0.717) is 0 Å².